The van der Waals surface area contributed by atoms with Crippen LogP contribution >= 0.6 is 11.6 Å². The Morgan fingerprint density at radius 2 is 2.16 bits per heavy atom. The molecule has 0 aliphatic heterocycles. The Bertz CT molecular complexity index is 560. The van der Waals surface area contributed by atoms with Crippen LogP contribution < -0.4 is 10.1 Å². The van der Waals surface area contributed by atoms with E-state index in [4.69, 9.17) is 16.3 Å². The first-order chi connectivity index (χ1) is 9.19. The summed E-state index contributed by atoms with van der Waals surface area (Å²) in [7, 11) is 0. The minimum atomic E-state index is 0.450. The minimum Gasteiger partial charge on any atom is -0.437 e. The predicted molar refractivity (Wildman–Crippen MR) is 77.1 cm³/mol. The van der Waals surface area contributed by atoms with Crippen molar-refractivity contribution in [1.29, 1.82) is 0 Å². The molecule has 1 heterocycles. The summed E-state index contributed by atoms with van der Waals surface area (Å²) < 4.78 is 5.71. The van der Waals surface area contributed by atoms with Gasteiger partial charge in [-0.1, -0.05) is 24.6 Å². The van der Waals surface area contributed by atoms with Crippen LogP contribution in [-0.2, 0) is 0 Å². The number of hydrogen-bond donors (Lipinski definition) is 1. The maximum Gasteiger partial charge on any atom is 0.239 e. The molecule has 0 bridgehead atoms. The predicted octanol–water partition coefficient (Wildman–Crippen LogP) is 4.05. The average Bonchev–Trinajstić information content (AvgIpc) is 2.41. The van der Waals surface area contributed by atoms with E-state index in [9.17, 15) is 0 Å². The SMILES string of the molecule is CCCNc1cncc(Oc2cc(Cl)ccc2C)n1. The summed E-state index contributed by atoms with van der Waals surface area (Å²) in [6.45, 7) is 4.91. The molecule has 2 rings (SSSR count). The number of benzene rings is 1. The van der Waals surface area contributed by atoms with Crippen molar-refractivity contribution in [1.82, 2.24) is 9.97 Å². The molecular formula is C14H16ClN3O. The molecule has 5 heteroatoms. The fourth-order valence-electron chi connectivity index (χ4n) is 1.53. The Balaban J connectivity index is 2.16. The molecule has 0 aliphatic rings. The Labute approximate surface area is 117 Å². The molecule has 0 saturated heterocycles. The summed E-state index contributed by atoms with van der Waals surface area (Å²) in [6, 6.07) is 5.50. The van der Waals surface area contributed by atoms with Crippen LogP contribution in [0.4, 0.5) is 5.82 Å². The zero-order valence-corrected chi connectivity index (χ0v) is 11.7. The van der Waals surface area contributed by atoms with Gasteiger partial charge in [-0.15, -0.1) is 0 Å². The smallest absolute Gasteiger partial charge is 0.239 e. The average molecular weight is 278 g/mol. The molecule has 100 valence electrons. The molecule has 4 nitrogen and oxygen atoms in total. The highest BCUT2D eigenvalue weighted by molar-refractivity contribution is 6.30. The van der Waals surface area contributed by atoms with Gasteiger partial charge in [0.05, 0.1) is 12.4 Å². The normalized spacial score (nSPS) is 10.3. The molecule has 2 aromatic rings. The number of rotatable bonds is 5. The Kier molecular flexibility index (Phi) is 4.58. The van der Waals surface area contributed by atoms with E-state index in [0.717, 1.165) is 18.5 Å². The van der Waals surface area contributed by atoms with E-state index in [-0.39, 0.29) is 0 Å². The number of anilines is 1. The van der Waals surface area contributed by atoms with Gasteiger partial charge in [0, 0.05) is 11.6 Å². The lowest BCUT2D eigenvalue weighted by Gasteiger charge is -2.09. The number of halogens is 1. The van der Waals surface area contributed by atoms with E-state index in [0.29, 0.717) is 22.5 Å². The molecule has 1 N–H and O–H groups in total. The van der Waals surface area contributed by atoms with Gasteiger partial charge < -0.3 is 10.1 Å². The third-order valence-electron chi connectivity index (χ3n) is 2.53. The van der Waals surface area contributed by atoms with Crippen molar-refractivity contribution in [2.45, 2.75) is 20.3 Å². The summed E-state index contributed by atoms with van der Waals surface area (Å²) in [4.78, 5) is 8.44. The van der Waals surface area contributed by atoms with Crippen molar-refractivity contribution >= 4 is 17.4 Å². The molecular weight excluding hydrogens is 262 g/mol. The summed E-state index contributed by atoms with van der Waals surface area (Å²) >= 11 is 5.95. The van der Waals surface area contributed by atoms with Crippen LogP contribution in [0.1, 0.15) is 18.9 Å². The van der Waals surface area contributed by atoms with Crippen molar-refractivity contribution in [2.75, 3.05) is 11.9 Å². The number of nitrogens with zero attached hydrogens (tertiary/aromatic N) is 2. The molecule has 1 aromatic heterocycles. The zero-order valence-electron chi connectivity index (χ0n) is 11.0. The van der Waals surface area contributed by atoms with E-state index < -0.39 is 0 Å². The quantitative estimate of drug-likeness (QED) is 0.895. The monoisotopic (exact) mass is 277 g/mol. The van der Waals surface area contributed by atoms with E-state index >= 15 is 0 Å². The van der Waals surface area contributed by atoms with Gasteiger partial charge in [-0.25, -0.2) is 0 Å². The Morgan fingerprint density at radius 1 is 1.32 bits per heavy atom. The highest BCUT2D eigenvalue weighted by atomic mass is 35.5. The standard InChI is InChI=1S/C14H16ClN3O/c1-3-6-17-13-8-16-9-14(18-13)19-12-7-11(15)5-4-10(12)2/h4-5,7-9H,3,6H2,1-2H3,(H,17,18). The molecule has 0 amide bonds. The minimum absolute atomic E-state index is 0.450. The first-order valence-electron chi connectivity index (χ1n) is 6.19. The number of hydrogen-bond acceptors (Lipinski definition) is 4. The zero-order chi connectivity index (χ0) is 13.7. The second kappa shape index (κ2) is 6.38. The lowest BCUT2D eigenvalue weighted by molar-refractivity contribution is 0.457. The van der Waals surface area contributed by atoms with E-state index in [1.54, 1.807) is 18.5 Å². The molecule has 0 saturated carbocycles. The summed E-state index contributed by atoms with van der Waals surface area (Å²) in [5.41, 5.74) is 0.998. The van der Waals surface area contributed by atoms with E-state index in [1.165, 1.54) is 0 Å². The lowest BCUT2D eigenvalue weighted by atomic mass is 10.2. The van der Waals surface area contributed by atoms with Crippen LogP contribution in [0.25, 0.3) is 0 Å². The Hall–Kier alpha value is -1.81. The molecule has 1 aromatic carbocycles. The molecule has 19 heavy (non-hydrogen) atoms. The van der Waals surface area contributed by atoms with Crippen molar-refractivity contribution < 1.29 is 4.74 Å². The molecule has 0 radical (unpaired) electrons. The van der Waals surface area contributed by atoms with Crippen molar-refractivity contribution in [3.63, 3.8) is 0 Å². The van der Waals surface area contributed by atoms with Gasteiger partial charge in [0.15, 0.2) is 0 Å². The van der Waals surface area contributed by atoms with Crippen LogP contribution in [0.15, 0.2) is 30.6 Å². The number of aromatic nitrogens is 2. The van der Waals surface area contributed by atoms with E-state index in [2.05, 4.69) is 22.2 Å². The highest BCUT2D eigenvalue weighted by Crippen LogP contribution is 2.26. The van der Waals surface area contributed by atoms with Crippen LogP contribution in [0, 0.1) is 6.92 Å². The fraction of sp³-hybridized carbons (Fsp3) is 0.286. The molecule has 0 fully saturated rings. The van der Waals surface area contributed by atoms with Gasteiger partial charge >= 0.3 is 0 Å². The van der Waals surface area contributed by atoms with Crippen LogP contribution in [0.5, 0.6) is 11.6 Å². The van der Waals surface area contributed by atoms with Crippen molar-refractivity contribution in [2.24, 2.45) is 0 Å². The van der Waals surface area contributed by atoms with Crippen LogP contribution in [0.2, 0.25) is 5.02 Å². The fourth-order valence-corrected chi connectivity index (χ4v) is 1.69. The third kappa shape index (κ3) is 3.83. The second-order valence-corrected chi connectivity index (χ2v) is 4.62. The first-order valence-corrected chi connectivity index (χ1v) is 6.56. The van der Waals surface area contributed by atoms with Gasteiger partial charge in [0.25, 0.3) is 0 Å². The Morgan fingerprint density at radius 3 is 2.95 bits per heavy atom. The largest absolute Gasteiger partial charge is 0.437 e. The first kappa shape index (κ1) is 13.6. The summed E-state index contributed by atoms with van der Waals surface area (Å²) in [6.07, 6.45) is 4.28. The highest BCUT2D eigenvalue weighted by Gasteiger charge is 2.05. The second-order valence-electron chi connectivity index (χ2n) is 4.18. The summed E-state index contributed by atoms with van der Waals surface area (Å²) in [5.74, 6) is 1.85. The van der Waals surface area contributed by atoms with Crippen molar-refractivity contribution in [3.05, 3.63) is 41.2 Å². The van der Waals surface area contributed by atoms with E-state index in [1.807, 2.05) is 19.1 Å². The topological polar surface area (TPSA) is 47.0 Å². The summed E-state index contributed by atoms with van der Waals surface area (Å²) in [5, 5.41) is 3.80. The maximum absolute atomic E-state index is 5.95. The molecule has 0 spiro atoms. The number of ether oxygens (including phenoxy) is 1. The molecule has 0 aliphatic carbocycles. The van der Waals surface area contributed by atoms with Gasteiger partial charge in [-0.05, 0) is 31.0 Å². The lowest BCUT2D eigenvalue weighted by Crippen LogP contribution is -2.03. The third-order valence-corrected chi connectivity index (χ3v) is 2.77. The van der Waals surface area contributed by atoms with Gasteiger partial charge in [0.1, 0.15) is 11.6 Å². The van der Waals surface area contributed by atoms with Gasteiger partial charge in [0.2, 0.25) is 5.88 Å². The maximum atomic E-state index is 5.95. The van der Waals surface area contributed by atoms with Gasteiger partial charge in [-0.2, -0.15) is 4.98 Å². The van der Waals surface area contributed by atoms with Gasteiger partial charge in [-0.3, -0.25) is 4.98 Å². The van der Waals surface area contributed by atoms with Crippen LogP contribution in [-0.4, -0.2) is 16.5 Å². The molecule has 0 unspecified atom stereocenters. The number of nitrogens with one attached hydrogen (secondary N) is 1. The van der Waals surface area contributed by atoms with Crippen LogP contribution in [0.3, 0.4) is 0 Å². The van der Waals surface area contributed by atoms with Crippen molar-refractivity contribution in [3.8, 4) is 11.6 Å². The number of aryl methyl sites for hydroxylation is 1. The molecule has 0 atom stereocenters.